The van der Waals surface area contributed by atoms with Gasteiger partial charge >= 0.3 is 0 Å². The molecule has 1 N–H and O–H groups in total. The first-order valence-electron chi connectivity index (χ1n) is 6.81. The highest BCUT2D eigenvalue weighted by Crippen LogP contribution is 2.21. The summed E-state index contributed by atoms with van der Waals surface area (Å²) in [5.74, 6) is 0.874. The summed E-state index contributed by atoms with van der Waals surface area (Å²) in [5.41, 5.74) is 2.20. The molecule has 1 saturated heterocycles. The van der Waals surface area contributed by atoms with Gasteiger partial charge in [-0.1, -0.05) is 12.1 Å². The Kier molecular flexibility index (Phi) is 4.43. The van der Waals surface area contributed by atoms with Crippen molar-refractivity contribution in [3.05, 3.63) is 29.3 Å². The summed E-state index contributed by atoms with van der Waals surface area (Å²) in [6.07, 6.45) is -0.432. The van der Waals surface area contributed by atoms with Gasteiger partial charge in [0.15, 0.2) is 6.10 Å². The highest BCUT2D eigenvalue weighted by molar-refractivity contribution is 5.81. The van der Waals surface area contributed by atoms with Crippen molar-refractivity contribution in [1.29, 1.82) is 0 Å². The van der Waals surface area contributed by atoms with Crippen LogP contribution in [0.3, 0.4) is 0 Å². The molecule has 1 aromatic rings. The molecule has 0 radical (unpaired) electrons. The molecule has 1 aliphatic heterocycles. The first-order chi connectivity index (χ1) is 9.08. The van der Waals surface area contributed by atoms with Crippen LogP contribution in [0, 0.1) is 13.8 Å². The maximum atomic E-state index is 12.3. The van der Waals surface area contributed by atoms with Crippen molar-refractivity contribution in [3.8, 4) is 5.75 Å². The molecule has 4 nitrogen and oxygen atoms in total. The van der Waals surface area contributed by atoms with E-state index in [9.17, 15) is 4.79 Å². The Morgan fingerprint density at radius 1 is 1.32 bits per heavy atom. The fourth-order valence-electron chi connectivity index (χ4n) is 2.22. The summed E-state index contributed by atoms with van der Waals surface area (Å²) < 4.78 is 5.83. The van der Waals surface area contributed by atoms with Gasteiger partial charge in [-0.3, -0.25) is 4.79 Å². The largest absolute Gasteiger partial charge is 0.481 e. The highest BCUT2D eigenvalue weighted by Gasteiger charge is 2.23. The van der Waals surface area contributed by atoms with Crippen LogP contribution in [0.25, 0.3) is 0 Å². The Hall–Kier alpha value is -1.55. The summed E-state index contributed by atoms with van der Waals surface area (Å²) in [6, 6.07) is 6.05. The van der Waals surface area contributed by atoms with Gasteiger partial charge in [0, 0.05) is 26.2 Å². The van der Waals surface area contributed by atoms with E-state index in [0.717, 1.165) is 43.1 Å². The lowest BCUT2D eigenvalue weighted by Gasteiger charge is -2.30. The minimum atomic E-state index is -0.432. The van der Waals surface area contributed by atoms with E-state index < -0.39 is 6.10 Å². The van der Waals surface area contributed by atoms with Crippen molar-refractivity contribution in [2.45, 2.75) is 26.9 Å². The molecule has 0 saturated carbocycles. The molecule has 1 fully saturated rings. The summed E-state index contributed by atoms with van der Waals surface area (Å²) >= 11 is 0. The SMILES string of the molecule is Cc1ccc(C)c(OC(C)C(=O)N2CCNCC2)c1. The third-order valence-corrected chi connectivity index (χ3v) is 3.42. The van der Waals surface area contributed by atoms with Crippen LogP contribution in [0.1, 0.15) is 18.1 Å². The average Bonchev–Trinajstić information content (AvgIpc) is 2.43. The normalized spacial score (nSPS) is 17.1. The number of hydrogen-bond acceptors (Lipinski definition) is 3. The lowest BCUT2D eigenvalue weighted by atomic mass is 10.1. The molecule has 104 valence electrons. The summed E-state index contributed by atoms with van der Waals surface area (Å²) in [6.45, 7) is 9.10. The second kappa shape index (κ2) is 6.06. The van der Waals surface area contributed by atoms with Crippen LogP contribution in [0.15, 0.2) is 18.2 Å². The smallest absolute Gasteiger partial charge is 0.263 e. The van der Waals surface area contributed by atoms with Gasteiger partial charge in [0.1, 0.15) is 5.75 Å². The van der Waals surface area contributed by atoms with Gasteiger partial charge in [-0.05, 0) is 38.0 Å². The predicted octanol–water partition coefficient (Wildman–Crippen LogP) is 1.50. The number of rotatable bonds is 3. The molecule has 0 aromatic heterocycles. The number of amides is 1. The summed E-state index contributed by atoms with van der Waals surface area (Å²) in [7, 11) is 0. The second-order valence-electron chi connectivity index (χ2n) is 5.10. The van der Waals surface area contributed by atoms with Crippen molar-refractivity contribution in [3.63, 3.8) is 0 Å². The zero-order valence-electron chi connectivity index (χ0n) is 11.9. The quantitative estimate of drug-likeness (QED) is 0.897. The molecule has 19 heavy (non-hydrogen) atoms. The third kappa shape index (κ3) is 3.47. The van der Waals surface area contributed by atoms with Gasteiger partial charge < -0.3 is 15.0 Å². The van der Waals surface area contributed by atoms with Crippen LogP contribution in [-0.2, 0) is 4.79 Å². The van der Waals surface area contributed by atoms with E-state index in [1.807, 2.05) is 43.9 Å². The predicted molar refractivity (Wildman–Crippen MR) is 75.5 cm³/mol. The van der Waals surface area contributed by atoms with Crippen LogP contribution < -0.4 is 10.1 Å². The Bertz CT molecular complexity index is 453. The Balaban J connectivity index is 2.01. The second-order valence-corrected chi connectivity index (χ2v) is 5.10. The number of aryl methyl sites for hydroxylation is 2. The number of piperazine rings is 1. The van der Waals surface area contributed by atoms with E-state index in [2.05, 4.69) is 5.32 Å². The van der Waals surface area contributed by atoms with Crippen molar-refractivity contribution >= 4 is 5.91 Å². The number of nitrogens with one attached hydrogen (secondary N) is 1. The van der Waals surface area contributed by atoms with Crippen molar-refractivity contribution in [2.75, 3.05) is 26.2 Å². The van der Waals surface area contributed by atoms with E-state index in [1.165, 1.54) is 0 Å². The fraction of sp³-hybridized carbons (Fsp3) is 0.533. The maximum absolute atomic E-state index is 12.3. The molecule has 0 aliphatic carbocycles. The zero-order chi connectivity index (χ0) is 13.8. The average molecular weight is 262 g/mol. The van der Waals surface area contributed by atoms with Crippen molar-refractivity contribution < 1.29 is 9.53 Å². The number of nitrogens with zero attached hydrogens (tertiary/aromatic N) is 1. The van der Waals surface area contributed by atoms with Gasteiger partial charge in [0.2, 0.25) is 0 Å². The lowest BCUT2D eigenvalue weighted by molar-refractivity contribution is -0.138. The minimum Gasteiger partial charge on any atom is -0.481 e. The monoisotopic (exact) mass is 262 g/mol. The van der Waals surface area contributed by atoms with Gasteiger partial charge in [-0.25, -0.2) is 0 Å². The van der Waals surface area contributed by atoms with Gasteiger partial charge in [0.25, 0.3) is 5.91 Å². The van der Waals surface area contributed by atoms with Gasteiger partial charge in [-0.2, -0.15) is 0 Å². The minimum absolute atomic E-state index is 0.0717. The molecule has 1 heterocycles. The van der Waals surface area contributed by atoms with Gasteiger partial charge in [0.05, 0.1) is 0 Å². The van der Waals surface area contributed by atoms with Crippen LogP contribution >= 0.6 is 0 Å². The molecule has 1 atom stereocenters. The Morgan fingerprint density at radius 2 is 2.00 bits per heavy atom. The van der Waals surface area contributed by atoms with E-state index in [-0.39, 0.29) is 5.91 Å². The molecular weight excluding hydrogens is 240 g/mol. The Labute approximate surface area is 114 Å². The van der Waals surface area contributed by atoms with E-state index >= 15 is 0 Å². The summed E-state index contributed by atoms with van der Waals surface area (Å²) in [5, 5.41) is 3.24. The van der Waals surface area contributed by atoms with Crippen LogP contribution in [0.2, 0.25) is 0 Å². The van der Waals surface area contributed by atoms with Crippen LogP contribution in [-0.4, -0.2) is 43.1 Å². The van der Waals surface area contributed by atoms with Crippen molar-refractivity contribution in [2.24, 2.45) is 0 Å². The van der Waals surface area contributed by atoms with E-state index in [0.29, 0.717) is 0 Å². The third-order valence-electron chi connectivity index (χ3n) is 3.42. The number of ether oxygens (including phenoxy) is 1. The number of carbonyl (C=O) groups is 1. The maximum Gasteiger partial charge on any atom is 0.263 e. The molecular formula is C15H22N2O2. The van der Waals surface area contributed by atoms with Crippen LogP contribution in [0.5, 0.6) is 5.75 Å². The molecule has 1 aromatic carbocycles. The first kappa shape index (κ1) is 13.9. The van der Waals surface area contributed by atoms with Crippen molar-refractivity contribution in [1.82, 2.24) is 10.2 Å². The number of hydrogen-bond donors (Lipinski definition) is 1. The van der Waals surface area contributed by atoms with E-state index in [4.69, 9.17) is 4.74 Å². The lowest BCUT2D eigenvalue weighted by Crippen LogP contribution is -2.50. The highest BCUT2D eigenvalue weighted by atomic mass is 16.5. The molecule has 4 heteroatoms. The molecule has 2 rings (SSSR count). The fourth-order valence-corrected chi connectivity index (χ4v) is 2.22. The standard InChI is InChI=1S/C15H22N2O2/c1-11-4-5-12(2)14(10-11)19-13(3)15(18)17-8-6-16-7-9-17/h4-5,10,13,16H,6-9H2,1-3H3. The Morgan fingerprint density at radius 3 is 2.68 bits per heavy atom. The van der Waals surface area contributed by atoms with Crippen LogP contribution in [0.4, 0.5) is 0 Å². The van der Waals surface area contributed by atoms with Gasteiger partial charge in [-0.15, -0.1) is 0 Å². The molecule has 0 bridgehead atoms. The summed E-state index contributed by atoms with van der Waals surface area (Å²) in [4.78, 5) is 14.1. The zero-order valence-corrected chi connectivity index (χ0v) is 11.9. The molecule has 1 aliphatic rings. The number of carbonyl (C=O) groups excluding carboxylic acids is 1. The molecule has 1 unspecified atom stereocenters. The molecule has 1 amide bonds. The molecule has 0 spiro atoms. The topological polar surface area (TPSA) is 41.6 Å². The number of benzene rings is 1. The first-order valence-corrected chi connectivity index (χ1v) is 6.81. The van der Waals surface area contributed by atoms with E-state index in [1.54, 1.807) is 0 Å².